The van der Waals surface area contributed by atoms with Crippen molar-refractivity contribution < 1.29 is 4.79 Å². The highest BCUT2D eigenvalue weighted by atomic mass is 32.1. The van der Waals surface area contributed by atoms with Crippen molar-refractivity contribution in [2.24, 2.45) is 0 Å². The Kier molecular flexibility index (Phi) is 5.64. The molecule has 150 valence electrons. The highest BCUT2D eigenvalue weighted by molar-refractivity contribution is 7.07. The van der Waals surface area contributed by atoms with Crippen molar-refractivity contribution in [1.29, 1.82) is 5.26 Å². The molecule has 1 amide bonds. The van der Waals surface area contributed by atoms with Crippen LogP contribution in [0.3, 0.4) is 0 Å². The molecule has 1 aliphatic rings. The Bertz CT molecular complexity index is 1290. The zero-order valence-electron chi connectivity index (χ0n) is 16.7. The van der Waals surface area contributed by atoms with E-state index in [1.54, 1.807) is 4.90 Å². The summed E-state index contributed by atoms with van der Waals surface area (Å²) in [5.41, 5.74) is 2.46. The fourth-order valence-corrected chi connectivity index (χ4v) is 4.64. The van der Waals surface area contributed by atoms with Crippen molar-refractivity contribution in [3.8, 4) is 11.8 Å². The predicted octanol–water partition coefficient (Wildman–Crippen LogP) is 2.33. The van der Waals surface area contributed by atoms with Crippen LogP contribution < -0.4 is 14.8 Å². The van der Waals surface area contributed by atoms with Gasteiger partial charge in [0.15, 0.2) is 5.57 Å². The summed E-state index contributed by atoms with van der Waals surface area (Å²) < 4.78 is 2.35. The number of hydrogen-bond acceptors (Lipinski definition) is 4. The molecule has 0 atom stereocenters. The average molecular weight is 416 g/mol. The normalized spacial score (nSPS) is 15.2. The van der Waals surface area contributed by atoms with E-state index in [-0.39, 0.29) is 17.0 Å². The minimum atomic E-state index is -0.303. The molecule has 1 saturated heterocycles. The number of nitriles is 1. The smallest absolute Gasteiger partial charge is 0.273 e. The molecule has 1 fully saturated rings. The highest BCUT2D eigenvalue weighted by Gasteiger charge is 2.24. The van der Waals surface area contributed by atoms with Crippen LogP contribution in [0.15, 0.2) is 59.4 Å². The number of thiazole rings is 1. The maximum absolute atomic E-state index is 13.3. The third-order valence-corrected chi connectivity index (χ3v) is 6.24. The van der Waals surface area contributed by atoms with Crippen molar-refractivity contribution in [1.82, 2.24) is 9.47 Å². The molecular weight excluding hydrogens is 394 g/mol. The first-order chi connectivity index (χ1) is 14.6. The van der Waals surface area contributed by atoms with E-state index < -0.39 is 0 Å². The van der Waals surface area contributed by atoms with Crippen LogP contribution >= 0.6 is 11.3 Å². The van der Waals surface area contributed by atoms with Crippen LogP contribution in [0.25, 0.3) is 17.3 Å². The summed E-state index contributed by atoms with van der Waals surface area (Å²) in [6.07, 6.45) is 3.68. The van der Waals surface area contributed by atoms with Crippen molar-refractivity contribution in [2.45, 2.75) is 19.8 Å². The molecule has 0 N–H and O–H groups in total. The number of benzene rings is 2. The predicted molar refractivity (Wildman–Crippen MR) is 119 cm³/mol. The molecule has 0 spiro atoms. The zero-order chi connectivity index (χ0) is 21.1. The van der Waals surface area contributed by atoms with Gasteiger partial charge in [0, 0.05) is 13.1 Å². The largest absolute Gasteiger partial charge is 0.338 e. The number of likely N-dealkylation sites (tertiary alicyclic amines) is 1. The number of carbonyl (C=O) groups excluding carboxylic acids is 1. The molecule has 5 nitrogen and oxygen atoms in total. The SMILES string of the molecule is Cc1ccc(/C=c2\s/c(=C(/C#N)C(=O)N3CCCC3)n(-c3ccccc3)c2=O)cc1. The molecule has 6 heteroatoms. The molecule has 0 radical (unpaired) electrons. The number of hydrogen-bond donors (Lipinski definition) is 0. The lowest BCUT2D eigenvalue weighted by atomic mass is 10.1. The van der Waals surface area contributed by atoms with Gasteiger partial charge in [-0.3, -0.25) is 14.2 Å². The molecule has 1 aromatic heterocycles. The molecule has 2 aromatic carbocycles. The first kappa shape index (κ1) is 19.9. The van der Waals surface area contributed by atoms with Gasteiger partial charge in [-0.2, -0.15) is 5.26 Å². The van der Waals surface area contributed by atoms with Crippen LogP contribution in [0.2, 0.25) is 0 Å². The monoisotopic (exact) mass is 415 g/mol. The third kappa shape index (κ3) is 3.85. The molecule has 30 heavy (non-hydrogen) atoms. The minimum absolute atomic E-state index is 0.0198. The quantitative estimate of drug-likeness (QED) is 0.660. The molecular formula is C24H21N3O2S. The summed E-state index contributed by atoms with van der Waals surface area (Å²) in [6, 6.07) is 19.1. The Morgan fingerprint density at radius 3 is 2.37 bits per heavy atom. The average Bonchev–Trinajstić information content (AvgIpc) is 3.40. The van der Waals surface area contributed by atoms with Gasteiger partial charge in [0.25, 0.3) is 11.5 Å². The second-order valence-corrected chi connectivity index (χ2v) is 8.32. The van der Waals surface area contributed by atoms with Gasteiger partial charge in [0.2, 0.25) is 0 Å². The van der Waals surface area contributed by atoms with E-state index in [0.717, 1.165) is 24.0 Å². The van der Waals surface area contributed by atoms with Crippen LogP contribution in [0, 0.1) is 18.3 Å². The Hall–Kier alpha value is -3.43. The second kappa shape index (κ2) is 8.52. The number of rotatable bonds is 3. The summed E-state index contributed by atoms with van der Waals surface area (Å²) in [6.45, 7) is 3.30. The van der Waals surface area contributed by atoms with Crippen LogP contribution in [0.4, 0.5) is 0 Å². The number of para-hydroxylation sites is 1. The Labute approximate surface area is 178 Å². The summed E-state index contributed by atoms with van der Waals surface area (Å²) >= 11 is 1.19. The number of amides is 1. The fourth-order valence-electron chi connectivity index (χ4n) is 3.54. The van der Waals surface area contributed by atoms with Gasteiger partial charge in [-0.25, -0.2) is 0 Å². The Morgan fingerprint density at radius 1 is 1.07 bits per heavy atom. The van der Waals surface area contributed by atoms with E-state index in [0.29, 0.717) is 28.0 Å². The maximum Gasteiger partial charge on any atom is 0.273 e. The first-order valence-corrected chi connectivity index (χ1v) is 10.7. The summed E-state index contributed by atoms with van der Waals surface area (Å²) in [5.74, 6) is -0.303. The highest BCUT2D eigenvalue weighted by Crippen LogP contribution is 2.12. The van der Waals surface area contributed by atoms with Crippen molar-refractivity contribution in [2.75, 3.05) is 13.1 Å². The van der Waals surface area contributed by atoms with E-state index >= 15 is 0 Å². The second-order valence-electron chi connectivity index (χ2n) is 7.29. The van der Waals surface area contributed by atoms with Crippen molar-refractivity contribution in [3.05, 3.63) is 85.3 Å². The standard InChI is InChI=1S/C24H21N3O2S/c1-17-9-11-18(12-10-17)15-21-23(29)27(19-7-3-2-4-8-19)24(30-21)20(16-25)22(28)26-13-5-6-14-26/h2-4,7-12,15H,5-6,13-14H2,1H3/b21-15-,24-20-. The molecule has 0 unspecified atom stereocenters. The van der Waals surface area contributed by atoms with Gasteiger partial charge in [-0.15, -0.1) is 11.3 Å². The number of aromatic nitrogens is 1. The van der Waals surface area contributed by atoms with E-state index in [4.69, 9.17) is 0 Å². The Morgan fingerprint density at radius 2 is 1.73 bits per heavy atom. The third-order valence-electron chi connectivity index (χ3n) is 5.15. The molecule has 4 rings (SSSR count). The van der Waals surface area contributed by atoms with E-state index in [9.17, 15) is 14.9 Å². The van der Waals surface area contributed by atoms with Gasteiger partial charge in [0.05, 0.1) is 10.2 Å². The summed E-state index contributed by atoms with van der Waals surface area (Å²) in [5, 5.41) is 9.85. The van der Waals surface area contributed by atoms with Crippen LogP contribution in [0.5, 0.6) is 0 Å². The maximum atomic E-state index is 13.3. The molecule has 0 aliphatic carbocycles. The van der Waals surface area contributed by atoms with Gasteiger partial charge in [0.1, 0.15) is 10.7 Å². The first-order valence-electron chi connectivity index (χ1n) is 9.88. The number of aryl methyl sites for hydroxylation is 1. The lowest BCUT2D eigenvalue weighted by Crippen LogP contribution is -2.35. The molecule has 0 saturated carbocycles. The lowest BCUT2D eigenvalue weighted by molar-refractivity contribution is -0.123. The van der Waals surface area contributed by atoms with Gasteiger partial charge < -0.3 is 4.90 Å². The van der Waals surface area contributed by atoms with Crippen molar-refractivity contribution >= 4 is 28.9 Å². The van der Waals surface area contributed by atoms with Gasteiger partial charge >= 0.3 is 0 Å². The number of nitrogens with zero attached hydrogens (tertiary/aromatic N) is 3. The van der Waals surface area contributed by atoms with Gasteiger partial charge in [-0.1, -0.05) is 48.0 Å². The summed E-state index contributed by atoms with van der Waals surface area (Å²) in [4.78, 5) is 28.0. The minimum Gasteiger partial charge on any atom is -0.338 e. The van der Waals surface area contributed by atoms with Gasteiger partial charge in [-0.05, 0) is 43.5 Å². The van der Waals surface area contributed by atoms with E-state index in [1.807, 2.05) is 67.6 Å². The lowest BCUT2D eigenvalue weighted by Gasteiger charge is -2.14. The zero-order valence-corrected chi connectivity index (χ0v) is 17.5. The number of carbonyl (C=O) groups is 1. The molecule has 1 aliphatic heterocycles. The van der Waals surface area contributed by atoms with Crippen LogP contribution in [-0.2, 0) is 4.79 Å². The molecule has 3 aromatic rings. The van der Waals surface area contributed by atoms with Crippen molar-refractivity contribution in [3.63, 3.8) is 0 Å². The van der Waals surface area contributed by atoms with E-state index in [2.05, 4.69) is 6.07 Å². The topological polar surface area (TPSA) is 66.1 Å². The molecule has 2 heterocycles. The van der Waals surface area contributed by atoms with Crippen LogP contribution in [0.1, 0.15) is 24.0 Å². The van der Waals surface area contributed by atoms with Crippen LogP contribution in [-0.4, -0.2) is 28.5 Å². The molecule has 0 bridgehead atoms. The van der Waals surface area contributed by atoms with E-state index in [1.165, 1.54) is 15.9 Å². The Balaban J connectivity index is 1.99. The fraction of sp³-hybridized carbons (Fsp3) is 0.208. The summed E-state index contributed by atoms with van der Waals surface area (Å²) in [7, 11) is 0.